The fourth-order valence-corrected chi connectivity index (χ4v) is 1.47. The van der Waals surface area contributed by atoms with Crippen LogP contribution in [0.25, 0.3) is 0 Å². The molecule has 0 aliphatic carbocycles. The van der Waals surface area contributed by atoms with Gasteiger partial charge in [0.15, 0.2) is 0 Å². The van der Waals surface area contributed by atoms with Crippen LogP contribution in [0.1, 0.15) is 17.5 Å². The van der Waals surface area contributed by atoms with Gasteiger partial charge in [-0.05, 0) is 24.6 Å². The highest BCUT2D eigenvalue weighted by Crippen LogP contribution is 2.18. The number of amides is 2. The molecule has 19 heavy (non-hydrogen) atoms. The van der Waals surface area contributed by atoms with Crippen molar-refractivity contribution in [2.75, 3.05) is 18.9 Å². The molecular weight excluding hydrogens is 246 g/mol. The highest BCUT2D eigenvalue weighted by atomic mass is 16.4. The molecule has 0 saturated heterocycles. The van der Waals surface area contributed by atoms with Crippen LogP contribution >= 0.6 is 0 Å². The molecule has 0 heterocycles. The molecule has 0 unspecified atom stereocenters. The van der Waals surface area contributed by atoms with Crippen LogP contribution in [0.2, 0.25) is 0 Å². The van der Waals surface area contributed by atoms with Crippen LogP contribution in [0.4, 0.5) is 10.5 Å². The fourth-order valence-electron chi connectivity index (χ4n) is 1.47. The number of urea groups is 1. The summed E-state index contributed by atoms with van der Waals surface area (Å²) in [7, 11) is 1.52. The number of hydrogen-bond donors (Lipinski definition) is 2. The maximum atomic E-state index is 11.8. The first-order chi connectivity index (χ1) is 8.95. The highest BCUT2D eigenvalue weighted by Gasteiger charge is 2.12. The second-order valence-corrected chi connectivity index (χ2v) is 4.09. The van der Waals surface area contributed by atoms with Gasteiger partial charge >= 0.3 is 12.0 Å². The smallest absolute Gasteiger partial charge is 0.321 e. The Balaban J connectivity index is 2.72. The van der Waals surface area contributed by atoms with Crippen molar-refractivity contribution in [3.8, 4) is 6.07 Å². The number of aliphatic carboxylic acids is 1. The molecule has 1 rings (SSSR count). The Hall–Kier alpha value is -2.55. The zero-order valence-corrected chi connectivity index (χ0v) is 10.8. The summed E-state index contributed by atoms with van der Waals surface area (Å²) in [5.74, 6) is -0.956. The fraction of sp³-hybridized carbons (Fsp3) is 0.308. The van der Waals surface area contributed by atoms with Gasteiger partial charge in [-0.2, -0.15) is 5.26 Å². The molecule has 6 nitrogen and oxygen atoms in total. The summed E-state index contributed by atoms with van der Waals surface area (Å²) in [6.45, 7) is 1.86. The number of carbonyl (C=O) groups excluding carboxylic acids is 1. The van der Waals surface area contributed by atoms with E-state index in [0.29, 0.717) is 16.8 Å². The number of rotatable bonds is 4. The van der Waals surface area contributed by atoms with E-state index in [1.165, 1.54) is 11.9 Å². The standard InChI is InChI=1S/C13H15N3O3/c1-9-10(8-14)4-3-5-11(9)15-13(19)16(2)7-6-12(17)18/h3-5H,6-7H2,1-2H3,(H,15,19)(H,17,18). The van der Waals surface area contributed by atoms with Crippen molar-refractivity contribution in [1.29, 1.82) is 5.26 Å². The minimum absolute atomic E-state index is 0.110. The van der Waals surface area contributed by atoms with Crippen LogP contribution in [-0.2, 0) is 4.79 Å². The number of nitriles is 1. The average molecular weight is 261 g/mol. The molecule has 0 fully saturated rings. The zero-order chi connectivity index (χ0) is 14.4. The van der Waals surface area contributed by atoms with Crippen molar-refractivity contribution in [2.45, 2.75) is 13.3 Å². The lowest BCUT2D eigenvalue weighted by molar-refractivity contribution is -0.137. The second kappa shape index (κ2) is 6.40. The van der Waals surface area contributed by atoms with Gasteiger partial charge in [0.05, 0.1) is 18.1 Å². The molecule has 1 aromatic rings. The lowest BCUT2D eigenvalue weighted by Crippen LogP contribution is -2.33. The third-order valence-corrected chi connectivity index (χ3v) is 2.70. The number of carboxylic acids is 1. The predicted octanol–water partition coefficient (Wildman–Crippen LogP) is 1.81. The monoisotopic (exact) mass is 261 g/mol. The van der Waals surface area contributed by atoms with E-state index < -0.39 is 12.0 Å². The minimum Gasteiger partial charge on any atom is -0.481 e. The highest BCUT2D eigenvalue weighted by molar-refractivity contribution is 5.90. The summed E-state index contributed by atoms with van der Waals surface area (Å²) in [6.07, 6.45) is -0.110. The van der Waals surface area contributed by atoms with E-state index in [0.717, 1.165) is 0 Å². The van der Waals surface area contributed by atoms with Crippen molar-refractivity contribution < 1.29 is 14.7 Å². The number of nitrogens with one attached hydrogen (secondary N) is 1. The Morgan fingerprint density at radius 1 is 1.47 bits per heavy atom. The Morgan fingerprint density at radius 3 is 2.74 bits per heavy atom. The molecule has 0 atom stereocenters. The summed E-state index contributed by atoms with van der Waals surface area (Å²) < 4.78 is 0. The van der Waals surface area contributed by atoms with Crippen molar-refractivity contribution in [3.63, 3.8) is 0 Å². The maximum Gasteiger partial charge on any atom is 0.321 e. The molecule has 100 valence electrons. The number of carbonyl (C=O) groups is 2. The van der Waals surface area contributed by atoms with Gasteiger partial charge in [0.25, 0.3) is 0 Å². The van der Waals surface area contributed by atoms with Crippen LogP contribution < -0.4 is 5.32 Å². The predicted molar refractivity (Wildman–Crippen MR) is 69.8 cm³/mol. The van der Waals surface area contributed by atoms with Crippen molar-refractivity contribution in [2.24, 2.45) is 0 Å². The summed E-state index contributed by atoms with van der Waals surface area (Å²) in [4.78, 5) is 23.5. The molecule has 6 heteroatoms. The minimum atomic E-state index is -0.956. The third kappa shape index (κ3) is 4.00. The third-order valence-electron chi connectivity index (χ3n) is 2.70. The van der Waals surface area contributed by atoms with Gasteiger partial charge in [0, 0.05) is 19.3 Å². The van der Waals surface area contributed by atoms with Crippen molar-refractivity contribution in [3.05, 3.63) is 29.3 Å². The molecule has 0 aliphatic rings. The lowest BCUT2D eigenvalue weighted by atomic mass is 10.1. The summed E-state index contributed by atoms with van der Waals surface area (Å²) >= 11 is 0. The van der Waals surface area contributed by atoms with Crippen molar-refractivity contribution >= 4 is 17.7 Å². The first-order valence-electron chi connectivity index (χ1n) is 5.69. The Bertz CT molecular complexity index is 534. The van der Waals surface area contributed by atoms with Gasteiger partial charge in [-0.1, -0.05) is 6.07 Å². The van der Waals surface area contributed by atoms with Gasteiger partial charge in [-0.25, -0.2) is 4.79 Å². The number of hydrogen-bond acceptors (Lipinski definition) is 3. The molecule has 0 radical (unpaired) electrons. The molecule has 0 bridgehead atoms. The van der Waals surface area contributed by atoms with Crippen molar-refractivity contribution in [1.82, 2.24) is 4.90 Å². The summed E-state index contributed by atoms with van der Waals surface area (Å²) in [5.41, 5.74) is 1.72. The van der Waals surface area contributed by atoms with Gasteiger partial charge in [-0.15, -0.1) is 0 Å². The van der Waals surface area contributed by atoms with Crippen LogP contribution in [0, 0.1) is 18.3 Å². The number of carboxylic acid groups (broad SMARTS) is 1. The normalized spacial score (nSPS) is 9.53. The van der Waals surface area contributed by atoms with Crippen LogP contribution in [0.15, 0.2) is 18.2 Å². The van der Waals surface area contributed by atoms with Gasteiger partial charge < -0.3 is 15.3 Å². The molecular formula is C13H15N3O3. The quantitative estimate of drug-likeness (QED) is 0.864. The van der Waals surface area contributed by atoms with E-state index in [1.807, 2.05) is 6.07 Å². The van der Waals surface area contributed by atoms with Gasteiger partial charge in [0.2, 0.25) is 0 Å². The van der Waals surface area contributed by atoms with E-state index in [1.54, 1.807) is 25.1 Å². The Kier molecular flexibility index (Phi) is 4.89. The number of anilines is 1. The maximum absolute atomic E-state index is 11.8. The summed E-state index contributed by atoms with van der Waals surface area (Å²) in [5, 5.41) is 20.1. The zero-order valence-electron chi connectivity index (χ0n) is 10.8. The van der Waals surface area contributed by atoms with E-state index in [2.05, 4.69) is 5.32 Å². The molecule has 1 aromatic carbocycles. The lowest BCUT2D eigenvalue weighted by Gasteiger charge is -2.18. The SMILES string of the molecule is Cc1c(C#N)cccc1NC(=O)N(C)CCC(=O)O. The molecule has 0 aliphatic heterocycles. The van der Waals surface area contributed by atoms with E-state index in [9.17, 15) is 9.59 Å². The largest absolute Gasteiger partial charge is 0.481 e. The van der Waals surface area contributed by atoms with Gasteiger partial charge in [0.1, 0.15) is 0 Å². The van der Waals surface area contributed by atoms with E-state index in [-0.39, 0.29) is 13.0 Å². The molecule has 0 saturated carbocycles. The molecule has 2 N–H and O–H groups in total. The van der Waals surface area contributed by atoms with Crippen LogP contribution in [0.5, 0.6) is 0 Å². The molecule has 0 spiro atoms. The first-order valence-corrected chi connectivity index (χ1v) is 5.69. The topological polar surface area (TPSA) is 93.4 Å². The van der Waals surface area contributed by atoms with Crippen LogP contribution in [0.3, 0.4) is 0 Å². The Labute approximate surface area is 111 Å². The first kappa shape index (κ1) is 14.5. The summed E-state index contributed by atoms with van der Waals surface area (Å²) in [6, 6.07) is 6.67. The Morgan fingerprint density at radius 2 is 2.16 bits per heavy atom. The number of benzene rings is 1. The van der Waals surface area contributed by atoms with Gasteiger partial charge in [-0.3, -0.25) is 4.79 Å². The van der Waals surface area contributed by atoms with Crippen LogP contribution in [-0.4, -0.2) is 35.6 Å². The van der Waals surface area contributed by atoms with E-state index >= 15 is 0 Å². The molecule has 2 amide bonds. The molecule has 0 aromatic heterocycles. The average Bonchev–Trinajstić information content (AvgIpc) is 2.38. The number of nitrogens with zero attached hydrogens (tertiary/aromatic N) is 2. The second-order valence-electron chi connectivity index (χ2n) is 4.09. The van der Waals surface area contributed by atoms with E-state index in [4.69, 9.17) is 10.4 Å².